The molecule has 1 aliphatic rings. The predicted molar refractivity (Wildman–Crippen MR) is 124 cm³/mol. The molecule has 0 unspecified atom stereocenters. The number of piperazine rings is 1. The van der Waals surface area contributed by atoms with Crippen LogP contribution in [-0.4, -0.2) is 49.3 Å². The van der Waals surface area contributed by atoms with E-state index in [2.05, 4.69) is 14.5 Å². The highest BCUT2D eigenvalue weighted by atomic mass is 32.2. The summed E-state index contributed by atoms with van der Waals surface area (Å²) in [5, 5.41) is 11.0. The van der Waals surface area contributed by atoms with E-state index < -0.39 is 14.9 Å². The number of nitrogens with one attached hydrogen (secondary N) is 1. The van der Waals surface area contributed by atoms with Crippen LogP contribution >= 0.6 is 0 Å². The summed E-state index contributed by atoms with van der Waals surface area (Å²) in [5.41, 5.74) is 1.67. The lowest BCUT2D eigenvalue weighted by atomic mass is 10.2. The van der Waals surface area contributed by atoms with Crippen molar-refractivity contribution in [2.24, 2.45) is 0 Å². The minimum atomic E-state index is -3.95. The van der Waals surface area contributed by atoms with E-state index in [-0.39, 0.29) is 10.6 Å². The molecular formula is C23H26N4O5S. The lowest BCUT2D eigenvalue weighted by Gasteiger charge is -2.34. The number of hydrogen-bond donors (Lipinski definition) is 1. The van der Waals surface area contributed by atoms with Crippen molar-refractivity contribution >= 4 is 21.4 Å². The van der Waals surface area contributed by atoms with Gasteiger partial charge in [0.2, 0.25) is 0 Å². The van der Waals surface area contributed by atoms with Crippen molar-refractivity contribution in [3.63, 3.8) is 0 Å². The van der Waals surface area contributed by atoms with Gasteiger partial charge in [-0.15, -0.1) is 0 Å². The number of aryl methyl sites for hydroxylation is 1. The van der Waals surface area contributed by atoms with Crippen LogP contribution in [0.4, 0.5) is 11.4 Å². The SMILES string of the molecule is Cc1ccc([N+](=O)[O-])cc1S(=O)(=O)Nc1ccc(CN2CCN(Cc3ccco3)CC2)cc1. The number of sulfonamides is 1. The fourth-order valence-electron chi connectivity index (χ4n) is 3.87. The number of furan rings is 1. The molecule has 2 heterocycles. The zero-order valence-electron chi connectivity index (χ0n) is 18.3. The van der Waals surface area contributed by atoms with E-state index in [4.69, 9.17) is 4.42 Å². The minimum absolute atomic E-state index is 0.104. The van der Waals surface area contributed by atoms with Crippen molar-refractivity contribution in [2.75, 3.05) is 30.9 Å². The number of non-ortho nitro benzene ring substituents is 1. The van der Waals surface area contributed by atoms with E-state index in [1.165, 1.54) is 12.1 Å². The Kier molecular flexibility index (Phi) is 6.77. The summed E-state index contributed by atoms with van der Waals surface area (Å²) in [7, 11) is -3.95. The molecule has 1 saturated heterocycles. The maximum Gasteiger partial charge on any atom is 0.270 e. The molecule has 33 heavy (non-hydrogen) atoms. The molecule has 4 rings (SSSR count). The molecule has 0 amide bonds. The number of nitro benzene ring substituents is 1. The van der Waals surface area contributed by atoms with Crippen LogP contribution in [0, 0.1) is 17.0 Å². The molecule has 1 aromatic heterocycles. The third-order valence-electron chi connectivity index (χ3n) is 5.71. The number of anilines is 1. The van der Waals surface area contributed by atoms with Crippen LogP contribution in [0.15, 0.2) is 70.2 Å². The van der Waals surface area contributed by atoms with Gasteiger partial charge in [0, 0.05) is 50.5 Å². The molecular weight excluding hydrogens is 444 g/mol. The highest BCUT2D eigenvalue weighted by molar-refractivity contribution is 7.92. The van der Waals surface area contributed by atoms with Gasteiger partial charge in [-0.1, -0.05) is 18.2 Å². The smallest absolute Gasteiger partial charge is 0.270 e. The van der Waals surface area contributed by atoms with Gasteiger partial charge < -0.3 is 4.42 Å². The van der Waals surface area contributed by atoms with E-state index in [0.717, 1.165) is 56.7 Å². The normalized spacial score (nSPS) is 15.4. The van der Waals surface area contributed by atoms with Gasteiger partial charge in [0.25, 0.3) is 15.7 Å². The van der Waals surface area contributed by atoms with Crippen molar-refractivity contribution < 1.29 is 17.8 Å². The Hall–Kier alpha value is -3.21. The molecule has 0 spiro atoms. The van der Waals surface area contributed by atoms with E-state index in [1.54, 1.807) is 25.3 Å². The summed E-state index contributed by atoms with van der Waals surface area (Å²) in [6.45, 7) is 7.02. The summed E-state index contributed by atoms with van der Waals surface area (Å²) >= 11 is 0. The van der Waals surface area contributed by atoms with Crippen LogP contribution in [-0.2, 0) is 23.1 Å². The molecule has 1 N–H and O–H groups in total. The van der Waals surface area contributed by atoms with Crippen molar-refractivity contribution in [3.8, 4) is 0 Å². The average molecular weight is 471 g/mol. The first-order chi connectivity index (χ1) is 15.8. The van der Waals surface area contributed by atoms with Gasteiger partial charge in [-0.05, 0) is 42.3 Å². The monoisotopic (exact) mass is 470 g/mol. The predicted octanol–water partition coefficient (Wildman–Crippen LogP) is 3.61. The van der Waals surface area contributed by atoms with E-state index in [1.807, 2.05) is 24.3 Å². The molecule has 1 aliphatic heterocycles. The van der Waals surface area contributed by atoms with Crippen LogP contribution in [0.3, 0.4) is 0 Å². The second kappa shape index (κ2) is 9.74. The molecule has 0 radical (unpaired) electrons. The topological polar surface area (TPSA) is 109 Å². The Morgan fingerprint density at radius 1 is 1.00 bits per heavy atom. The minimum Gasteiger partial charge on any atom is -0.468 e. The summed E-state index contributed by atoms with van der Waals surface area (Å²) in [4.78, 5) is 15.0. The van der Waals surface area contributed by atoms with E-state index in [0.29, 0.717) is 11.3 Å². The Morgan fingerprint density at radius 3 is 2.27 bits per heavy atom. The average Bonchev–Trinajstić information content (AvgIpc) is 3.29. The number of hydrogen-bond acceptors (Lipinski definition) is 7. The Morgan fingerprint density at radius 2 is 1.67 bits per heavy atom. The number of rotatable bonds is 8. The molecule has 174 valence electrons. The van der Waals surface area contributed by atoms with Gasteiger partial charge in [-0.3, -0.25) is 24.6 Å². The van der Waals surface area contributed by atoms with Crippen molar-refractivity contribution in [2.45, 2.75) is 24.9 Å². The number of nitrogens with zero attached hydrogens (tertiary/aromatic N) is 3. The molecule has 0 bridgehead atoms. The Labute approximate surface area is 192 Å². The van der Waals surface area contributed by atoms with Crippen LogP contribution in [0.5, 0.6) is 0 Å². The molecule has 3 aromatic rings. The largest absolute Gasteiger partial charge is 0.468 e. The van der Waals surface area contributed by atoms with Gasteiger partial charge in [-0.25, -0.2) is 8.42 Å². The van der Waals surface area contributed by atoms with Crippen LogP contribution in [0.1, 0.15) is 16.9 Å². The molecule has 0 atom stereocenters. The maximum atomic E-state index is 12.8. The summed E-state index contributed by atoms with van der Waals surface area (Å²) < 4.78 is 33.5. The maximum absolute atomic E-state index is 12.8. The lowest BCUT2D eigenvalue weighted by molar-refractivity contribution is -0.385. The van der Waals surface area contributed by atoms with Crippen molar-refractivity contribution in [1.82, 2.24) is 9.80 Å². The van der Waals surface area contributed by atoms with Crippen molar-refractivity contribution in [3.05, 3.63) is 87.9 Å². The quantitative estimate of drug-likeness (QED) is 0.396. The first kappa shape index (κ1) is 23.0. The highest BCUT2D eigenvalue weighted by Gasteiger charge is 2.21. The van der Waals surface area contributed by atoms with Crippen LogP contribution < -0.4 is 4.72 Å². The van der Waals surface area contributed by atoms with Gasteiger partial charge in [0.1, 0.15) is 5.76 Å². The zero-order valence-corrected chi connectivity index (χ0v) is 19.1. The molecule has 10 heteroatoms. The lowest BCUT2D eigenvalue weighted by Crippen LogP contribution is -2.45. The third kappa shape index (κ3) is 5.78. The summed E-state index contributed by atoms with van der Waals surface area (Å²) in [6.07, 6.45) is 1.69. The Balaban J connectivity index is 1.34. The third-order valence-corrected chi connectivity index (χ3v) is 7.23. The van der Waals surface area contributed by atoms with Gasteiger partial charge in [0.15, 0.2) is 0 Å². The molecule has 1 fully saturated rings. The standard InChI is InChI=1S/C23H26N4O5S/c1-18-4-9-21(27(28)29)15-23(18)33(30,31)24-20-7-5-19(6-8-20)16-25-10-12-26(13-11-25)17-22-3-2-14-32-22/h2-9,14-15,24H,10-13,16-17H2,1H3. The fraction of sp³-hybridized carbons (Fsp3) is 0.304. The summed E-state index contributed by atoms with van der Waals surface area (Å²) in [5.74, 6) is 0.974. The van der Waals surface area contributed by atoms with E-state index in [9.17, 15) is 18.5 Å². The molecule has 0 saturated carbocycles. The highest BCUT2D eigenvalue weighted by Crippen LogP contribution is 2.24. The first-order valence-corrected chi connectivity index (χ1v) is 12.1. The fourth-order valence-corrected chi connectivity index (χ4v) is 5.19. The molecule has 9 nitrogen and oxygen atoms in total. The van der Waals surface area contributed by atoms with E-state index >= 15 is 0 Å². The van der Waals surface area contributed by atoms with Crippen LogP contribution in [0.25, 0.3) is 0 Å². The number of benzene rings is 2. The van der Waals surface area contributed by atoms with Crippen molar-refractivity contribution in [1.29, 1.82) is 0 Å². The second-order valence-corrected chi connectivity index (χ2v) is 9.79. The van der Waals surface area contributed by atoms with Gasteiger partial charge in [0.05, 0.1) is 22.6 Å². The number of nitro groups is 1. The Bertz CT molecular complexity index is 1200. The first-order valence-electron chi connectivity index (χ1n) is 10.6. The van der Waals surface area contributed by atoms with Gasteiger partial charge in [-0.2, -0.15) is 0 Å². The zero-order chi connectivity index (χ0) is 23.4. The molecule has 0 aliphatic carbocycles. The van der Waals surface area contributed by atoms with Crippen LogP contribution in [0.2, 0.25) is 0 Å². The molecule has 2 aromatic carbocycles. The second-order valence-electron chi connectivity index (χ2n) is 8.14. The van der Waals surface area contributed by atoms with Gasteiger partial charge >= 0.3 is 0 Å². The summed E-state index contributed by atoms with van der Waals surface area (Å²) in [6, 6.07) is 14.9.